The van der Waals surface area contributed by atoms with Crippen LogP contribution < -0.4 is 5.32 Å². The molecule has 1 aliphatic rings. The standard InChI is InChI=1S/C15H30N2O/c1-12(2)13-7-10-17(11-8-13)14(18)6-9-16-15(3,4)5/h12-13,16H,6-11H2,1-5H3. The molecular formula is C15H30N2O. The van der Waals surface area contributed by atoms with E-state index in [1.165, 1.54) is 12.8 Å². The van der Waals surface area contributed by atoms with E-state index in [0.717, 1.165) is 31.5 Å². The Morgan fingerprint density at radius 1 is 1.28 bits per heavy atom. The highest BCUT2D eigenvalue weighted by atomic mass is 16.2. The van der Waals surface area contributed by atoms with Crippen molar-refractivity contribution in [3.8, 4) is 0 Å². The molecule has 0 bridgehead atoms. The molecule has 3 heteroatoms. The summed E-state index contributed by atoms with van der Waals surface area (Å²) in [5, 5.41) is 3.37. The van der Waals surface area contributed by atoms with Crippen LogP contribution in [0.25, 0.3) is 0 Å². The van der Waals surface area contributed by atoms with Crippen LogP contribution in [0, 0.1) is 11.8 Å². The molecule has 1 aliphatic heterocycles. The number of hydrogen-bond acceptors (Lipinski definition) is 2. The average Bonchev–Trinajstić information content (AvgIpc) is 2.27. The minimum atomic E-state index is 0.102. The van der Waals surface area contributed by atoms with Gasteiger partial charge in [0.2, 0.25) is 5.91 Å². The first-order valence-corrected chi connectivity index (χ1v) is 7.32. The molecule has 0 aromatic rings. The molecule has 0 saturated carbocycles. The smallest absolute Gasteiger partial charge is 0.223 e. The van der Waals surface area contributed by atoms with Gasteiger partial charge < -0.3 is 10.2 Å². The minimum absolute atomic E-state index is 0.102. The molecule has 1 fully saturated rings. The van der Waals surface area contributed by atoms with Gasteiger partial charge >= 0.3 is 0 Å². The van der Waals surface area contributed by atoms with E-state index in [0.29, 0.717) is 12.3 Å². The van der Waals surface area contributed by atoms with Gasteiger partial charge in [0, 0.05) is 31.6 Å². The number of amides is 1. The lowest BCUT2D eigenvalue weighted by Crippen LogP contribution is -2.42. The van der Waals surface area contributed by atoms with Crippen molar-refractivity contribution in [3.05, 3.63) is 0 Å². The number of nitrogens with zero attached hydrogens (tertiary/aromatic N) is 1. The molecule has 106 valence electrons. The first-order valence-electron chi connectivity index (χ1n) is 7.32. The third kappa shape index (κ3) is 5.38. The Bertz CT molecular complexity index is 260. The third-order valence-corrected chi connectivity index (χ3v) is 3.83. The van der Waals surface area contributed by atoms with Gasteiger partial charge in [0.25, 0.3) is 0 Å². The first kappa shape index (κ1) is 15.5. The SMILES string of the molecule is CC(C)C1CCN(C(=O)CCNC(C)(C)C)CC1. The molecule has 1 heterocycles. The molecule has 0 aliphatic carbocycles. The average molecular weight is 254 g/mol. The van der Waals surface area contributed by atoms with Gasteiger partial charge in [-0.05, 0) is 45.4 Å². The number of likely N-dealkylation sites (tertiary alicyclic amines) is 1. The van der Waals surface area contributed by atoms with Gasteiger partial charge in [-0.15, -0.1) is 0 Å². The molecule has 0 aromatic carbocycles. The Hall–Kier alpha value is -0.570. The summed E-state index contributed by atoms with van der Waals surface area (Å²) in [4.78, 5) is 14.1. The van der Waals surface area contributed by atoms with E-state index >= 15 is 0 Å². The van der Waals surface area contributed by atoms with Gasteiger partial charge in [-0.25, -0.2) is 0 Å². The molecule has 1 N–H and O–H groups in total. The van der Waals surface area contributed by atoms with Gasteiger partial charge in [-0.2, -0.15) is 0 Å². The Morgan fingerprint density at radius 3 is 2.28 bits per heavy atom. The van der Waals surface area contributed by atoms with Crippen molar-refractivity contribution in [2.75, 3.05) is 19.6 Å². The molecule has 3 nitrogen and oxygen atoms in total. The van der Waals surface area contributed by atoms with E-state index in [-0.39, 0.29) is 5.54 Å². The quantitative estimate of drug-likeness (QED) is 0.836. The first-order chi connectivity index (χ1) is 8.29. The van der Waals surface area contributed by atoms with E-state index in [1.54, 1.807) is 0 Å². The summed E-state index contributed by atoms with van der Waals surface area (Å²) >= 11 is 0. The zero-order valence-electron chi connectivity index (χ0n) is 12.8. The largest absolute Gasteiger partial charge is 0.343 e. The van der Waals surface area contributed by atoms with Gasteiger partial charge in [0.15, 0.2) is 0 Å². The van der Waals surface area contributed by atoms with Crippen LogP contribution in [0.5, 0.6) is 0 Å². The summed E-state index contributed by atoms with van der Waals surface area (Å²) in [6, 6.07) is 0. The van der Waals surface area contributed by atoms with Crippen molar-refractivity contribution in [2.45, 2.75) is 59.4 Å². The van der Waals surface area contributed by atoms with Crippen molar-refractivity contribution in [1.82, 2.24) is 10.2 Å². The summed E-state index contributed by atoms with van der Waals surface area (Å²) < 4.78 is 0. The number of carbonyl (C=O) groups excluding carboxylic acids is 1. The second kappa shape index (κ2) is 6.55. The Morgan fingerprint density at radius 2 is 1.83 bits per heavy atom. The van der Waals surface area contributed by atoms with Crippen molar-refractivity contribution in [2.24, 2.45) is 11.8 Å². The predicted molar refractivity (Wildman–Crippen MR) is 76.5 cm³/mol. The van der Waals surface area contributed by atoms with Gasteiger partial charge in [0.1, 0.15) is 0 Å². The number of piperidine rings is 1. The van der Waals surface area contributed by atoms with Crippen molar-refractivity contribution < 1.29 is 4.79 Å². The number of rotatable bonds is 4. The lowest BCUT2D eigenvalue weighted by Gasteiger charge is -2.34. The topological polar surface area (TPSA) is 32.3 Å². The maximum absolute atomic E-state index is 12.0. The molecule has 0 atom stereocenters. The highest BCUT2D eigenvalue weighted by Gasteiger charge is 2.24. The Labute approximate surface area is 112 Å². The minimum Gasteiger partial charge on any atom is -0.343 e. The van der Waals surface area contributed by atoms with Gasteiger partial charge in [0.05, 0.1) is 0 Å². The van der Waals surface area contributed by atoms with Crippen LogP contribution in [0.4, 0.5) is 0 Å². The van der Waals surface area contributed by atoms with E-state index in [2.05, 4.69) is 39.9 Å². The lowest BCUT2D eigenvalue weighted by atomic mass is 9.86. The highest BCUT2D eigenvalue weighted by Crippen LogP contribution is 2.24. The highest BCUT2D eigenvalue weighted by molar-refractivity contribution is 5.76. The number of carbonyl (C=O) groups is 1. The molecular weight excluding hydrogens is 224 g/mol. The zero-order valence-corrected chi connectivity index (χ0v) is 12.8. The van der Waals surface area contributed by atoms with E-state index in [1.807, 2.05) is 4.90 Å². The van der Waals surface area contributed by atoms with Crippen molar-refractivity contribution in [3.63, 3.8) is 0 Å². The van der Waals surface area contributed by atoms with Crippen molar-refractivity contribution >= 4 is 5.91 Å². The maximum Gasteiger partial charge on any atom is 0.223 e. The number of hydrogen-bond donors (Lipinski definition) is 1. The normalized spacial score (nSPS) is 18.4. The van der Waals surface area contributed by atoms with E-state index < -0.39 is 0 Å². The molecule has 0 spiro atoms. The molecule has 1 rings (SSSR count). The summed E-state index contributed by atoms with van der Waals surface area (Å²) in [5.41, 5.74) is 0.102. The molecule has 0 aromatic heterocycles. The van der Waals surface area contributed by atoms with Crippen LogP contribution in [0.15, 0.2) is 0 Å². The zero-order chi connectivity index (χ0) is 13.8. The van der Waals surface area contributed by atoms with E-state index in [4.69, 9.17) is 0 Å². The summed E-state index contributed by atoms with van der Waals surface area (Å²) in [5.74, 6) is 1.88. The summed E-state index contributed by atoms with van der Waals surface area (Å²) in [7, 11) is 0. The lowest BCUT2D eigenvalue weighted by molar-refractivity contribution is -0.132. The summed E-state index contributed by atoms with van der Waals surface area (Å²) in [6.45, 7) is 13.7. The van der Waals surface area contributed by atoms with Crippen LogP contribution >= 0.6 is 0 Å². The van der Waals surface area contributed by atoms with Crippen molar-refractivity contribution in [1.29, 1.82) is 0 Å². The monoisotopic (exact) mass is 254 g/mol. The molecule has 1 amide bonds. The maximum atomic E-state index is 12.0. The van der Waals surface area contributed by atoms with Crippen LogP contribution in [0.2, 0.25) is 0 Å². The molecule has 1 saturated heterocycles. The fourth-order valence-electron chi connectivity index (χ4n) is 2.52. The Balaban J connectivity index is 2.24. The molecule has 18 heavy (non-hydrogen) atoms. The van der Waals surface area contributed by atoms with Crippen LogP contribution in [-0.4, -0.2) is 36.0 Å². The van der Waals surface area contributed by atoms with Crippen LogP contribution in [0.3, 0.4) is 0 Å². The molecule has 0 unspecified atom stereocenters. The predicted octanol–water partition coefficient (Wildman–Crippen LogP) is 2.66. The fourth-order valence-corrected chi connectivity index (χ4v) is 2.52. The van der Waals surface area contributed by atoms with E-state index in [9.17, 15) is 4.79 Å². The van der Waals surface area contributed by atoms with Gasteiger partial charge in [-0.1, -0.05) is 13.8 Å². The van der Waals surface area contributed by atoms with Crippen LogP contribution in [0.1, 0.15) is 53.9 Å². The molecule has 0 radical (unpaired) electrons. The second-order valence-corrected chi connectivity index (χ2v) is 6.89. The third-order valence-electron chi connectivity index (χ3n) is 3.83. The Kier molecular flexibility index (Phi) is 5.64. The van der Waals surface area contributed by atoms with Gasteiger partial charge in [-0.3, -0.25) is 4.79 Å². The number of nitrogens with one attached hydrogen (secondary N) is 1. The van der Waals surface area contributed by atoms with Crippen LogP contribution in [-0.2, 0) is 4.79 Å². The summed E-state index contributed by atoms with van der Waals surface area (Å²) in [6.07, 6.45) is 2.98. The fraction of sp³-hybridized carbons (Fsp3) is 0.933. The second-order valence-electron chi connectivity index (χ2n) is 6.89.